The number of anilines is 2. The van der Waals surface area contributed by atoms with E-state index in [0.29, 0.717) is 12.5 Å². The highest BCUT2D eigenvalue weighted by Crippen LogP contribution is 2.50. The standard InChI is InChI=1S/C27H33N5O2/c1-16-6-5-7-25(29-16)30-26-18(3)27(20-8-9-20)32(19(4)34)24-11-10-21(12-23(24)26)22-13-28-31(15-22)14-17(2)33/h5-7,10-13,15,17-18,20,26-27,33H,8-9,14H2,1-4H3,(H,29,30)/t17?,18-,26-,27-/m1/s1. The maximum Gasteiger partial charge on any atom is 0.224 e. The average molecular weight is 460 g/mol. The lowest BCUT2D eigenvalue weighted by Gasteiger charge is -2.46. The number of aliphatic hydroxyl groups excluding tert-OH is 1. The fourth-order valence-electron chi connectivity index (χ4n) is 5.41. The molecule has 2 aliphatic rings. The van der Waals surface area contributed by atoms with Crippen molar-refractivity contribution >= 4 is 17.4 Å². The van der Waals surface area contributed by atoms with Crippen LogP contribution in [0.5, 0.6) is 0 Å². The van der Waals surface area contributed by atoms with Crippen LogP contribution in [0.3, 0.4) is 0 Å². The molecule has 1 saturated carbocycles. The first-order valence-corrected chi connectivity index (χ1v) is 12.2. The molecule has 178 valence electrons. The number of carbonyl (C=O) groups is 1. The minimum absolute atomic E-state index is 0.0259. The highest BCUT2D eigenvalue weighted by molar-refractivity contribution is 5.94. The molecular formula is C27H33N5O2. The molecule has 3 aromatic rings. The van der Waals surface area contributed by atoms with Crippen LogP contribution in [0, 0.1) is 18.8 Å². The van der Waals surface area contributed by atoms with Crippen LogP contribution in [0.2, 0.25) is 0 Å². The van der Waals surface area contributed by atoms with E-state index < -0.39 is 6.10 Å². The van der Waals surface area contributed by atoms with E-state index in [2.05, 4.69) is 35.5 Å². The van der Waals surface area contributed by atoms with Crippen LogP contribution in [0.4, 0.5) is 11.5 Å². The molecule has 1 aromatic carbocycles. The second-order valence-corrected chi connectivity index (χ2v) is 9.94. The Morgan fingerprint density at radius 1 is 1.24 bits per heavy atom. The summed E-state index contributed by atoms with van der Waals surface area (Å²) in [4.78, 5) is 19.6. The fourth-order valence-corrected chi connectivity index (χ4v) is 5.41. The number of aryl methyl sites for hydroxylation is 1. The van der Waals surface area contributed by atoms with Crippen molar-refractivity contribution in [1.29, 1.82) is 0 Å². The molecule has 1 unspecified atom stereocenters. The zero-order valence-electron chi connectivity index (χ0n) is 20.3. The van der Waals surface area contributed by atoms with Gasteiger partial charge in [0.1, 0.15) is 5.82 Å². The van der Waals surface area contributed by atoms with E-state index in [1.54, 1.807) is 18.5 Å². The smallest absolute Gasteiger partial charge is 0.224 e. The molecule has 4 atom stereocenters. The molecule has 1 amide bonds. The molecule has 0 bridgehead atoms. The van der Waals surface area contributed by atoms with E-state index in [9.17, 15) is 9.90 Å². The van der Waals surface area contributed by atoms with Gasteiger partial charge in [-0.3, -0.25) is 9.48 Å². The molecule has 2 aromatic heterocycles. The van der Waals surface area contributed by atoms with Crippen LogP contribution in [-0.2, 0) is 11.3 Å². The summed E-state index contributed by atoms with van der Waals surface area (Å²) in [5, 5.41) is 17.8. The Bertz CT molecular complexity index is 1200. The summed E-state index contributed by atoms with van der Waals surface area (Å²) >= 11 is 0. The molecule has 0 spiro atoms. The Morgan fingerprint density at radius 3 is 2.71 bits per heavy atom. The molecule has 7 heteroatoms. The minimum Gasteiger partial charge on any atom is -0.391 e. The number of carbonyl (C=O) groups excluding carboxylic acids is 1. The van der Waals surface area contributed by atoms with E-state index in [1.807, 2.05) is 42.4 Å². The number of hydrogen-bond donors (Lipinski definition) is 2. The van der Waals surface area contributed by atoms with Gasteiger partial charge in [-0.05, 0) is 68.0 Å². The lowest BCUT2D eigenvalue weighted by atomic mass is 9.79. The number of rotatable bonds is 6. The fraction of sp³-hybridized carbons (Fsp3) is 0.444. The highest BCUT2D eigenvalue weighted by Gasteiger charge is 2.47. The van der Waals surface area contributed by atoms with Crippen molar-refractivity contribution in [1.82, 2.24) is 14.8 Å². The predicted octanol–water partition coefficient (Wildman–Crippen LogP) is 4.57. The van der Waals surface area contributed by atoms with Crippen molar-refractivity contribution in [2.75, 3.05) is 10.2 Å². The average Bonchev–Trinajstić information content (AvgIpc) is 3.52. The van der Waals surface area contributed by atoms with E-state index in [1.165, 1.54) is 12.8 Å². The van der Waals surface area contributed by atoms with Crippen LogP contribution in [0.15, 0.2) is 48.8 Å². The Kier molecular flexibility index (Phi) is 5.90. The molecular weight excluding hydrogens is 426 g/mol. The van der Waals surface area contributed by atoms with Crippen molar-refractivity contribution in [3.8, 4) is 11.1 Å². The Labute approximate surface area is 200 Å². The van der Waals surface area contributed by atoms with Gasteiger partial charge in [0.2, 0.25) is 5.91 Å². The van der Waals surface area contributed by atoms with Crippen LogP contribution < -0.4 is 10.2 Å². The first-order chi connectivity index (χ1) is 16.3. The van der Waals surface area contributed by atoms with Crippen LogP contribution in [0.25, 0.3) is 11.1 Å². The quantitative estimate of drug-likeness (QED) is 0.564. The number of fused-ring (bicyclic) bond motifs is 1. The van der Waals surface area contributed by atoms with Crippen molar-refractivity contribution in [3.63, 3.8) is 0 Å². The molecule has 2 N–H and O–H groups in total. The van der Waals surface area contributed by atoms with Crippen molar-refractivity contribution in [2.24, 2.45) is 11.8 Å². The van der Waals surface area contributed by atoms with Gasteiger partial charge in [-0.2, -0.15) is 5.10 Å². The summed E-state index contributed by atoms with van der Waals surface area (Å²) < 4.78 is 1.76. The van der Waals surface area contributed by atoms with Gasteiger partial charge in [-0.25, -0.2) is 4.98 Å². The molecule has 1 aliphatic carbocycles. The van der Waals surface area contributed by atoms with Gasteiger partial charge >= 0.3 is 0 Å². The van der Waals surface area contributed by atoms with Gasteiger partial charge < -0.3 is 15.3 Å². The van der Waals surface area contributed by atoms with E-state index in [4.69, 9.17) is 4.98 Å². The number of nitrogens with zero attached hydrogens (tertiary/aromatic N) is 4. The predicted molar refractivity (Wildman–Crippen MR) is 134 cm³/mol. The second-order valence-electron chi connectivity index (χ2n) is 9.94. The monoisotopic (exact) mass is 459 g/mol. The highest BCUT2D eigenvalue weighted by atomic mass is 16.3. The van der Waals surface area contributed by atoms with E-state index >= 15 is 0 Å². The normalized spacial score (nSPS) is 22.9. The molecule has 7 nitrogen and oxygen atoms in total. The van der Waals surface area contributed by atoms with E-state index in [0.717, 1.165) is 33.9 Å². The molecule has 5 rings (SSSR count). The number of aliphatic hydroxyl groups is 1. The number of aromatic nitrogens is 3. The van der Waals surface area contributed by atoms with Gasteiger partial charge in [-0.15, -0.1) is 0 Å². The lowest BCUT2D eigenvalue weighted by Crippen LogP contribution is -2.51. The largest absolute Gasteiger partial charge is 0.391 e. The Hall–Kier alpha value is -3.19. The summed E-state index contributed by atoms with van der Waals surface area (Å²) in [6, 6.07) is 12.6. The number of amides is 1. The topological polar surface area (TPSA) is 83.3 Å². The zero-order chi connectivity index (χ0) is 24.0. The van der Waals surface area contributed by atoms with Crippen molar-refractivity contribution in [2.45, 2.75) is 65.3 Å². The molecule has 1 fully saturated rings. The second kappa shape index (κ2) is 8.87. The summed E-state index contributed by atoms with van der Waals surface area (Å²) in [5.74, 6) is 1.71. The lowest BCUT2D eigenvalue weighted by molar-refractivity contribution is -0.117. The van der Waals surface area contributed by atoms with Crippen molar-refractivity contribution in [3.05, 3.63) is 60.0 Å². The van der Waals surface area contributed by atoms with Crippen molar-refractivity contribution < 1.29 is 9.90 Å². The summed E-state index contributed by atoms with van der Waals surface area (Å²) in [5.41, 5.74) is 5.08. The summed E-state index contributed by atoms with van der Waals surface area (Å²) in [6.45, 7) is 8.13. The van der Waals surface area contributed by atoms with Crippen LogP contribution in [0.1, 0.15) is 50.9 Å². The molecule has 0 saturated heterocycles. The number of hydrogen-bond acceptors (Lipinski definition) is 5. The first-order valence-electron chi connectivity index (χ1n) is 12.2. The third kappa shape index (κ3) is 4.32. The van der Waals surface area contributed by atoms with Gasteiger partial charge in [0.25, 0.3) is 0 Å². The third-order valence-electron chi connectivity index (χ3n) is 7.04. The maximum absolute atomic E-state index is 12.9. The minimum atomic E-state index is -0.462. The van der Waals surface area contributed by atoms with Gasteiger partial charge in [0.05, 0.1) is 24.9 Å². The summed E-state index contributed by atoms with van der Waals surface area (Å²) in [7, 11) is 0. The third-order valence-corrected chi connectivity index (χ3v) is 7.04. The summed E-state index contributed by atoms with van der Waals surface area (Å²) in [6.07, 6.45) is 5.67. The van der Waals surface area contributed by atoms with E-state index in [-0.39, 0.29) is 23.9 Å². The zero-order valence-corrected chi connectivity index (χ0v) is 20.3. The van der Waals surface area contributed by atoms with Gasteiger partial charge in [0, 0.05) is 42.0 Å². The number of nitrogens with one attached hydrogen (secondary N) is 1. The van der Waals surface area contributed by atoms with Crippen LogP contribution >= 0.6 is 0 Å². The number of benzene rings is 1. The van der Waals surface area contributed by atoms with Crippen LogP contribution in [-0.4, -0.2) is 37.9 Å². The molecule has 1 aliphatic heterocycles. The number of pyridine rings is 1. The molecule has 3 heterocycles. The molecule has 0 radical (unpaired) electrons. The Balaban J connectivity index is 1.59. The molecule has 34 heavy (non-hydrogen) atoms. The first kappa shape index (κ1) is 22.6. The van der Waals surface area contributed by atoms with Gasteiger partial charge in [-0.1, -0.05) is 19.1 Å². The van der Waals surface area contributed by atoms with Gasteiger partial charge in [0.15, 0.2) is 0 Å². The Morgan fingerprint density at radius 2 is 2.03 bits per heavy atom. The maximum atomic E-state index is 12.9. The SMILES string of the molecule is CC(=O)N1c2ccc(-c3cnn(CC(C)O)c3)cc2[C@H](Nc2cccc(C)n2)[C@@H](C)[C@@H]1C1CC1.